The van der Waals surface area contributed by atoms with Crippen LogP contribution in [0.3, 0.4) is 0 Å². The highest BCUT2D eigenvalue weighted by atomic mass is 16.5. The Morgan fingerprint density at radius 1 is 1.00 bits per heavy atom. The minimum absolute atomic E-state index is 0.0795. The predicted molar refractivity (Wildman–Crippen MR) is 115 cm³/mol. The fourth-order valence-electron chi connectivity index (χ4n) is 2.74. The first-order chi connectivity index (χ1) is 14.5. The lowest BCUT2D eigenvalue weighted by atomic mass is 10.0. The van der Waals surface area contributed by atoms with Crippen LogP contribution in [0.2, 0.25) is 0 Å². The van der Waals surface area contributed by atoms with Crippen LogP contribution in [0.4, 0.5) is 0 Å². The van der Waals surface area contributed by atoms with E-state index in [4.69, 9.17) is 10.1 Å². The van der Waals surface area contributed by atoms with Crippen molar-refractivity contribution in [3.63, 3.8) is 0 Å². The number of Topliss-reactive ketones (excluding diaryl/α,β-unsaturated/α-hetero) is 1. The Balaban J connectivity index is 5.52. The van der Waals surface area contributed by atoms with E-state index in [1.165, 1.54) is 13.0 Å². The number of carbonyl (C=O) groups excluding carboxylic acids is 5. The maximum Gasteiger partial charge on any atom is 0.328 e. The quantitative estimate of drug-likeness (QED) is 0.167. The molecule has 4 N–H and O–H groups in total. The maximum absolute atomic E-state index is 12.8. The second-order valence-electron chi connectivity index (χ2n) is 7.43. The highest BCUT2D eigenvalue weighted by molar-refractivity contribution is 6.26. The van der Waals surface area contributed by atoms with Gasteiger partial charge in [0.05, 0.1) is 12.8 Å². The molecule has 1 unspecified atom stereocenters. The Hall–Kier alpha value is -3.04. The molecule has 10 nitrogen and oxygen atoms in total. The summed E-state index contributed by atoms with van der Waals surface area (Å²) in [6, 6.07) is -3.01. The normalized spacial score (nSPS) is 13.3. The third-order valence-corrected chi connectivity index (χ3v) is 4.16. The van der Waals surface area contributed by atoms with Gasteiger partial charge in [-0.15, -0.1) is 6.58 Å². The summed E-state index contributed by atoms with van der Waals surface area (Å²) in [6.07, 6.45) is 2.32. The fourth-order valence-corrected chi connectivity index (χ4v) is 2.74. The molecular weight excluding hydrogens is 404 g/mol. The van der Waals surface area contributed by atoms with Crippen LogP contribution in [0.1, 0.15) is 53.4 Å². The van der Waals surface area contributed by atoms with Crippen molar-refractivity contribution in [1.29, 1.82) is 5.41 Å². The average Bonchev–Trinajstić information content (AvgIpc) is 2.69. The predicted octanol–water partition coefficient (Wildman–Crippen LogP) is 0.645. The first-order valence-electron chi connectivity index (χ1n) is 10.2. The van der Waals surface area contributed by atoms with Gasteiger partial charge >= 0.3 is 5.97 Å². The van der Waals surface area contributed by atoms with Crippen LogP contribution < -0.4 is 16.0 Å². The van der Waals surface area contributed by atoms with Gasteiger partial charge in [-0.05, 0) is 32.1 Å². The molecule has 31 heavy (non-hydrogen) atoms. The monoisotopic (exact) mass is 438 g/mol. The van der Waals surface area contributed by atoms with Crippen molar-refractivity contribution < 1.29 is 28.7 Å². The minimum atomic E-state index is -1.15. The molecule has 0 radical (unpaired) electrons. The van der Waals surface area contributed by atoms with Gasteiger partial charge in [0.15, 0.2) is 5.78 Å². The first kappa shape index (κ1) is 28.0. The molecule has 0 aromatic heterocycles. The van der Waals surface area contributed by atoms with Crippen molar-refractivity contribution in [3.8, 4) is 0 Å². The summed E-state index contributed by atoms with van der Waals surface area (Å²) in [6.45, 7) is 10.4. The molecule has 0 aromatic carbocycles. The Morgan fingerprint density at radius 2 is 1.58 bits per heavy atom. The lowest BCUT2D eigenvalue weighted by molar-refractivity contribution is -0.147. The van der Waals surface area contributed by atoms with Gasteiger partial charge in [-0.1, -0.05) is 19.9 Å². The van der Waals surface area contributed by atoms with Crippen LogP contribution in [-0.2, 0) is 28.7 Å². The van der Waals surface area contributed by atoms with E-state index >= 15 is 0 Å². The second-order valence-corrected chi connectivity index (χ2v) is 7.43. The largest absolute Gasteiger partial charge is 0.464 e. The van der Waals surface area contributed by atoms with Gasteiger partial charge in [-0.25, -0.2) is 4.79 Å². The zero-order chi connectivity index (χ0) is 24.0. The molecule has 0 rings (SSSR count). The van der Waals surface area contributed by atoms with Gasteiger partial charge < -0.3 is 26.1 Å². The zero-order valence-electron chi connectivity index (χ0n) is 18.7. The van der Waals surface area contributed by atoms with Gasteiger partial charge in [0.25, 0.3) is 0 Å². The van der Waals surface area contributed by atoms with E-state index in [1.807, 2.05) is 13.8 Å². The van der Waals surface area contributed by atoms with Crippen molar-refractivity contribution in [2.75, 3.05) is 6.61 Å². The molecule has 0 aliphatic heterocycles. The van der Waals surface area contributed by atoms with Crippen LogP contribution in [0, 0.1) is 11.3 Å². The summed E-state index contributed by atoms with van der Waals surface area (Å²) in [5.41, 5.74) is 0. The summed E-state index contributed by atoms with van der Waals surface area (Å²) in [4.78, 5) is 60.6. The Kier molecular flexibility index (Phi) is 13.4. The molecule has 0 heterocycles. The van der Waals surface area contributed by atoms with E-state index in [-0.39, 0.29) is 31.8 Å². The molecule has 0 aromatic rings. The molecule has 0 aliphatic carbocycles. The fraction of sp³-hybridized carbons (Fsp3) is 0.619. The van der Waals surface area contributed by atoms with E-state index in [2.05, 4.69) is 22.5 Å². The number of nitrogens with one attached hydrogen (secondary N) is 4. The Morgan fingerprint density at radius 3 is 2.06 bits per heavy atom. The van der Waals surface area contributed by atoms with Crippen molar-refractivity contribution in [2.24, 2.45) is 5.92 Å². The Labute approximate surface area is 183 Å². The van der Waals surface area contributed by atoms with E-state index in [0.29, 0.717) is 12.6 Å². The van der Waals surface area contributed by atoms with Crippen molar-refractivity contribution in [2.45, 2.75) is 71.5 Å². The smallest absolute Gasteiger partial charge is 0.328 e. The zero-order valence-corrected chi connectivity index (χ0v) is 18.7. The second kappa shape index (κ2) is 14.9. The van der Waals surface area contributed by atoms with Gasteiger partial charge in [-0.2, -0.15) is 0 Å². The molecule has 0 spiro atoms. The molecule has 174 valence electrons. The molecule has 0 aliphatic rings. The molecule has 0 bridgehead atoms. The number of carbonyl (C=O) groups is 5. The molecule has 0 saturated heterocycles. The van der Waals surface area contributed by atoms with Crippen LogP contribution in [0.25, 0.3) is 0 Å². The first-order valence-corrected chi connectivity index (χ1v) is 10.2. The molecule has 0 saturated carbocycles. The van der Waals surface area contributed by atoms with Crippen LogP contribution in [-0.4, -0.2) is 60.4 Å². The average molecular weight is 439 g/mol. The number of amides is 3. The lowest BCUT2D eigenvalue weighted by Gasteiger charge is -2.25. The minimum Gasteiger partial charge on any atom is -0.464 e. The molecule has 3 amide bonds. The van der Waals surface area contributed by atoms with Crippen molar-refractivity contribution in [1.82, 2.24) is 16.0 Å². The summed E-state index contributed by atoms with van der Waals surface area (Å²) in [5.74, 6) is -2.72. The number of ketones is 1. The Bertz CT molecular complexity index is 677. The van der Waals surface area contributed by atoms with Gasteiger partial charge in [0.2, 0.25) is 17.7 Å². The number of rotatable bonds is 15. The summed E-state index contributed by atoms with van der Waals surface area (Å²) in [7, 11) is 0. The molecule has 0 fully saturated rings. The van der Waals surface area contributed by atoms with Gasteiger partial charge in [0, 0.05) is 13.3 Å². The topological polar surface area (TPSA) is 155 Å². The van der Waals surface area contributed by atoms with Crippen molar-refractivity contribution >= 4 is 35.7 Å². The van der Waals surface area contributed by atoms with E-state index in [1.54, 1.807) is 6.92 Å². The third kappa shape index (κ3) is 11.7. The van der Waals surface area contributed by atoms with E-state index < -0.39 is 47.6 Å². The van der Waals surface area contributed by atoms with Gasteiger partial charge in [-0.3, -0.25) is 19.2 Å². The van der Waals surface area contributed by atoms with Crippen molar-refractivity contribution in [3.05, 3.63) is 12.7 Å². The lowest BCUT2D eigenvalue weighted by Crippen LogP contribution is -2.56. The van der Waals surface area contributed by atoms with E-state index in [0.717, 1.165) is 0 Å². The van der Waals surface area contributed by atoms with Crippen LogP contribution in [0.5, 0.6) is 0 Å². The number of hydrogen-bond donors (Lipinski definition) is 4. The number of esters is 1. The van der Waals surface area contributed by atoms with E-state index in [9.17, 15) is 24.0 Å². The summed E-state index contributed by atoms with van der Waals surface area (Å²) in [5, 5.41) is 14.6. The number of hydrogen-bond acceptors (Lipinski definition) is 7. The van der Waals surface area contributed by atoms with Crippen LogP contribution >= 0.6 is 0 Å². The summed E-state index contributed by atoms with van der Waals surface area (Å²) < 4.78 is 4.94. The molecular formula is C21H34N4O6. The highest BCUT2D eigenvalue weighted by Crippen LogP contribution is 2.08. The summed E-state index contributed by atoms with van der Waals surface area (Å²) >= 11 is 0. The maximum atomic E-state index is 12.8. The SMILES string of the molecule is C=CCC(NC(=O)[C@H](CCC(=O)C=N)NC(=O)[C@H](CC(C)C)NC(C)=O)C(=O)OCC. The van der Waals surface area contributed by atoms with Crippen LogP contribution in [0.15, 0.2) is 12.7 Å². The molecule has 3 atom stereocenters. The highest BCUT2D eigenvalue weighted by Gasteiger charge is 2.30. The van der Waals surface area contributed by atoms with Gasteiger partial charge in [0.1, 0.15) is 18.1 Å². The molecule has 10 heteroatoms. The number of ether oxygens (including phenoxy) is 1. The third-order valence-electron chi connectivity index (χ3n) is 4.16. The standard InChI is InChI=1S/C21H34N4O6/c1-6-8-17(21(30)31-7-2)25-19(28)16(10-9-15(27)12-22)24-20(29)18(11-13(3)4)23-14(5)26/h6,12-13,16-18,22H,1,7-11H2,2-5H3,(H,23,26)(H,24,29)(H,25,28)/t16-,17?,18-/m0/s1.